The number of benzene rings is 1. The summed E-state index contributed by atoms with van der Waals surface area (Å²) >= 11 is 7.68. The van der Waals surface area contributed by atoms with Crippen LogP contribution in [0, 0.1) is 0 Å². The molecule has 0 saturated heterocycles. The highest BCUT2D eigenvalue weighted by Gasteiger charge is 2.31. The van der Waals surface area contributed by atoms with Crippen LogP contribution >= 0.6 is 28.1 Å². The molecule has 1 aromatic rings. The summed E-state index contributed by atoms with van der Waals surface area (Å²) in [5, 5.41) is 0. The molecule has 0 atom stereocenters. The largest absolute Gasteiger partial charge is 0.416 e. The molecule has 0 aliphatic heterocycles. The average molecular weight is 284 g/mol. The Morgan fingerprint density at radius 3 is 2.36 bits per heavy atom. The maximum atomic E-state index is 12.3. The van der Waals surface area contributed by atoms with E-state index >= 15 is 0 Å². The minimum Gasteiger partial charge on any atom is -0.389 e. The number of thiocarbonyl (C=S) groups is 1. The van der Waals surface area contributed by atoms with Crippen LogP contribution in [0.2, 0.25) is 0 Å². The first kappa shape index (κ1) is 11.5. The summed E-state index contributed by atoms with van der Waals surface area (Å²) in [6.45, 7) is 0. The first-order chi connectivity index (χ1) is 6.32. The lowest BCUT2D eigenvalue weighted by Gasteiger charge is -2.09. The van der Waals surface area contributed by atoms with Gasteiger partial charge in [-0.15, -0.1) is 0 Å². The van der Waals surface area contributed by atoms with Gasteiger partial charge in [-0.2, -0.15) is 13.2 Å². The van der Waals surface area contributed by atoms with Gasteiger partial charge >= 0.3 is 6.18 Å². The maximum absolute atomic E-state index is 12.3. The SMILES string of the molecule is NC(=S)c1cc(C(F)(F)F)ccc1Br. The van der Waals surface area contributed by atoms with Gasteiger partial charge in [-0.1, -0.05) is 28.1 Å². The fourth-order valence-electron chi connectivity index (χ4n) is 0.890. The predicted molar refractivity (Wildman–Crippen MR) is 55.0 cm³/mol. The third-order valence-corrected chi connectivity index (χ3v) is 2.47. The van der Waals surface area contributed by atoms with Crippen LogP contribution in [0.15, 0.2) is 22.7 Å². The fourth-order valence-corrected chi connectivity index (χ4v) is 1.65. The molecular weight excluding hydrogens is 279 g/mol. The molecule has 1 nitrogen and oxygen atoms in total. The summed E-state index contributed by atoms with van der Waals surface area (Å²) in [6.07, 6.45) is -4.37. The van der Waals surface area contributed by atoms with Crippen molar-refractivity contribution in [2.45, 2.75) is 6.18 Å². The number of alkyl halides is 3. The topological polar surface area (TPSA) is 26.0 Å². The Labute approximate surface area is 92.2 Å². The molecule has 0 heterocycles. The zero-order chi connectivity index (χ0) is 10.9. The molecule has 1 aromatic carbocycles. The van der Waals surface area contributed by atoms with Crippen LogP contribution in [0.25, 0.3) is 0 Å². The van der Waals surface area contributed by atoms with Gasteiger partial charge in [0.05, 0.1) is 5.56 Å². The monoisotopic (exact) mass is 283 g/mol. The Balaban J connectivity index is 3.27. The smallest absolute Gasteiger partial charge is 0.389 e. The molecular formula is C8H5BrF3NS. The van der Waals surface area contributed by atoms with Crippen LogP contribution < -0.4 is 5.73 Å². The van der Waals surface area contributed by atoms with E-state index in [9.17, 15) is 13.2 Å². The second kappa shape index (κ2) is 3.86. The van der Waals surface area contributed by atoms with Crippen molar-refractivity contribution < 1.29 is 13.2 Å². The molecule has 1 rings (SSSR count). The van der Waals surface area contributed by atoms with Crippen LogP contribution in [0.1, 0.15) is 11.1 Å². The van der Waals surface area contributed by atoms with Crippen LogP contribution in [-0.4, -0.2) is 4.99 Å². The van der Waals surface area contributed by atoms with Crippen LogP contribution in [0.3, 0.4) is 0 Å². The molecule has 76 valence electrons. The van der Waals surface area contributed by atoms with Gasteiger partial charge in [-0.3, -0.25) is 0 Å². The third kappa shape index (κ3) is 2.45. The van der Waals surface area contributed by atoms with Crippen molar-refractivity contribution in [2.75, 3.05) is 0 Å². The third-order valence-electron chi connectivity index (χ3n) is 1.56. The van der Waals surface area contributed by atoms with Gasteiger partial charge in [-0.25, -0.2) is 0 Å². The van der Waals surface area contributed by atoms with Crippen molar-refractivity contribution in [3.8, 4) is 0 Å². The minimum atomic E-state index is -4.37. The number of rotatable bonds is 1. The van der Waals surface area contributed by atoms with Crippen molar-refractivity contribution in [2.24, 2.45) is 5.73 Å². The maximum Gasteiger partial charge on any atom is 0.416 e. The number of hydrogen-bond acceptors (Lipinski definition) is 1. The van der Waals surface area contributed by atoms with Gasteiger partial charge in [0.1, 0.15) is 4.99 Å². The highest BCUT2D eigenvalue weighted by Crippen LogP contribution is 2.31. The average Bonchev–Trinajstić information content (AvgIpc) is 2.02. The quantitative estimate of drug-likeness (QED) is 0.802. The van der Waals surface area contributed by atoms with Crippen LogP contribution in [0.5, 0.6) is 0 Å². The second-order valence-electron chi connectivity index (χ2n) is 2.56. The summed E-state index contributed by atoms with van der Waals surface area (Å²) in [5.41, 5.74) is 4.69. The van der Waals surface area contributed by atoms with E-state index in [1.807, 2.05) is 0 Å². The Kier molecular flexibility index (Phi) is 3.16. The van der Waals surface area contributed by atoms with E-state index in [1.54, 1.807) is 0 Å². The first-order valence-corrected chi connectivity index (χ1v) is 4.69. The first-order valence-electron chi connectivity index (χ1n) is 3.49. The molecule has 6 heteroatoms. The van der Waals surface area contributed by atoms with Gasteiger partial charge in [0, 0.05) is 10.0 Å². The Morgan fingerprint density at radius 1 is 1.36 bits per heavy atom. The van der Waals surface area contributed by atoms with Crippen molar-refractivity contribution in [3.05, 3.63) is 33.8 Å². The van der Waals surface area contributed by atoms with E-state index in [-0.39, 0.29) is 10.6 Å². The molecule has 0 bridgehead atoms. The Hall–Kier alpha value is -0.620. The van der Waals surface area contributed by atoms with Gasteiger partial charge in [0.15, 0.2) is 0 Å². The Bertz CT molecular complexity index is 375. The van der Waals surface area contributed by atoms with Crippen LogP contribution in [-0.2, 0) is 6.18 Å². The van der Waals surface area contributed by atoms with Crippen LogP contribution in [0.4, 0.5) is 13.2 Å². The normalized spacial score (nSPS) is 11.4. The van der Waals surface area contributed by atoms with E-state index in [0.29, 0.717) is 4.47 Å². The molecule has 0 aliphatic rings. The van der Waals surface area contributed by atoms with Gasteiger partial charge in [0.2, 0.25) is 0 Å². The van der Waals surface area contributed by atoms with E-state index in [4.69, 9.17) is 5.73 Å². The summed E-state index contributed by atoms with van der Waals surface area (Å²) < 4.78 is 37.2. The fraction of sp³-hybridized carbons (Fsp3) is 0.125. The zero-order valence-electron chi connectivity index (χ0n) is 6.73. The molecule has 2 N–H and O–H groups in total. The molecule has 0 spiro atoms. The van der Waals surface area contributed by atoms with E-state index in [1.165, 1.54) is 6.07 Å². The van der Waals surface area contributed by atoms with Crippen molar-refractivity contribution in [3.63, 3.8) is 0 Å². The number of halogens is 4. The summed E-state index contributed by atoms with van der Waals surface area (Å²) in [6, 6.07) is 3.16. The molecule has 0 aliphatic carbocycles. The molecule has 14 heavy (non-hydrogen) atoms. The number of hydrogen-bond donors (Lipinski definition) is 1. The summed E-state index contributed by atoms with van der Waals surface area (Å²) in [4.78, 5) is -0.0667. The minimum absolute atomic E-state index is 0.0667. The molecule has 0 radical (unpaired) electrons. The van der Waals surface area contributed by atoms with Gasteiger partial charge in [0.25, 0.3) is 0 Å². The highest BCUT2D eigenvalue weighted by atomic mass is 79.9. The molecule has 0 amide bonds. The highest BCUT2D eigenvalue weighted by molar-refractivity contribution is 9.10. The lowest BCUT2D eigenvalue weighted by atomic mass is 10.1. The van der Waals surface area contributed by atoms with Gasteiger partial charge in [-0.05, 0) is 18.2 Å². The van der Waals surface area contributed by atoms with E-state index in [2.05, 4.69) is 28.1 Å². The molecule has 0 fully saturated rings. The molecule has 0 unspecified atom stereocenters. The van der Waals surface area contributed by atoms with Crippen molar-refractivity contribution >= 4 is 33.1 Å². The standard InChI is InChI=1S/C8H5BrF3NS/c9-6-2-1-4(8(10,11)12)3-5(6)7(13)14/h1-3H,(H2,13,14). The molecule has 0 aromatic heterocycles. The zero-order valence-corrected chi connectivity index (χ0v) is 9.13. The number of nitrogens with two attached hydrogens (primary N) is 1. The second-order valence-corrected chi connectivity index (χ2v) is 3.85. The van der Waals surface area contributed by atoms with E-state index in [0.717, 1.165) is 12.1 Å². The predicted octanol–water partition coefficient (Wildman–Crippen LogP) is 3.10. The van der Waals surface area contributed by atoms with Gasteiger partial charge < -0.3 is 5.73 Å². The lowest BCUT2D eigenvalue weighted by Crippen LogP contribution is -2.13. The summed E-state index contributed by atoms with van der Waals surface area (Å²) in [5.74, 6) is 0. The Morgan fingerprint density at radius 2 is 1.93 bits per heavy atom. The van der Waals surface area contributed by atoms with Crippen molar-refractivity contribution in [1.82, 2.24) is 0 Å². The lowest BCUT2D eigenvalue weighted by molar-refractivity contribution is -0.137. The molecule has 0 saturated carbocycles. The van der Waals surface area contributed by atoms with Crippen molar-refractivity contribution in [1.29, 1.82) is 0 Å². The van der Waals surface area contributed by atoms with E-state index < -0.39 is 11.7 Å². The summed E-state index contributed by atoms with van der Waals surface area (Å²) in [7, 11) is 0.